The number of imidazole rings is 1. The summed E-state index contributed by atoms with van der Waals surface area (Å²) in [5, 5.41) is 4.20. The van der Waals surface area contributed by atoms with Gasteiger partial charge in [0.25, 0.3) is 0 Å². The number of hydrogen-bond donors (Lipinski definition) is 1. The average molecular weight is 300 g/mol. The van der Waals surface area contributed by atoms with Crippen LogP contribution in [0.1, 0.15) is 31.0 Å². The second-order valence-electron chi connectivity index (χ2n) is 5.49. The van der Waals surface area contributed by atoms with Gasteiger partial charge in [0.1, 0.15) is 11.5 Å². The quantitative estimate of drug-likeness (QED) is 0.723. The predicted molar refractivity (Wildman–Crippen MR) is 88.8 cm³/mol. The molecule has 0 amide bonds. The van der Waals surface area contributed by atoms with Crippen molar-refractivity contribution in [2.75, 3.05) is 5.32 Å². The zero-order chi connectivity index (χ0) is 15.0. The lowest BCUT2D eigenvalue weighted by Crippen LogP contribution is -2.01. The van der Waals surface area contributed by atoms with Gasteiger partial charge in [-0.2, -0.15) is 0 Å². The van der Waals surface area contributed by atoms with Gasteiger partial charge in [0, 0.05) is 6.20 Å². The van der Waals surface area contributed by atoms with E-state index in [2.05, 4.69) is 23.6 Å². The van der Waals surface area contributed by atoms with E-state index in [0.717, 1.165) is 33.4 Å². The summed E-state index contributed by atoms with van der Waals surface area (Å²) in [6.45, 7) is 6.34. The lowest BCUT2D eigenvalue weighted by atomic mass is 10.1. The number of benzene rings is 1. The first kappa shape index (κ1) is 14.0. The first-order chi connectivity index (χ1) is 10.1. The Bertz CT molecular complexity index is 770. The molecule has 2 heterocycles. The van der Waals surface area contributed by atoms with Gasteiger partial charge in [-0.3, -0.25) is 4.40 Å². The van der Waals surface area contributed by atoms with E-state index in [0.29, 0.717) is 5.92 Å². The smallest absolute Gasteiger partial charge is 0.138 e. The Hall–Kier alpha value is -2.00. The highest BCUT2D eigenvalue weighted by molar-refractivity contribution is 6.33. The molecule has 4 heteroatoms. The summed E-state index contributed by atoms with van der Waals surface area (Å²) in [6, 6.07) is 11.9. The van der Waals surface area contributed by atoms with Crippen LogP contribution in [0.3, 0.4) is 0 Å². The van der Waals surface area contributed by atoms with E-state index < -0.39 is 0 Å². The van der Waals surface area contributed by atoms with Gasteiger partial charge in [0.15, 0.2) is 0 Å². The highest BCUT2D eigenvalue weighted by Gasteiger charge is 2.16. The summed E-state index contributed by atoms with van der Waals surface area (Å²) in [6.07, 6.45) is 2.02. The van der Waals surface area contributed by atoms with Crippen molar-refractivity contribution in [2.24, 2.45) is 0 Å². The van der Waals surface area contributed by atoms with E-state index in [1.807, 2.05) is 49.5 Å². The fourth-order valence-corrected chi connectivity index (χ4v) is 2.72. The van der Waals surface area contributed by atoms with Crippen LogP contribution < -0.4 is 5.32 Å². The van der Waals surface area contributed by atoms with Crippen molar-refractivity contribution in [3.8, 4) is 0 Å². The molecular weight excluding hydrogens is 282 g/mol. The van der Waals surface area contributed by atoms with Crippen molar-refractivity contribution < 1.29 is 0 Å². The Balaban J connectivity index is 2.17. The maximum atomic E-state index is 6.34. The van der Waals surface area contributed by atoms with Crippen molar-refractivity contribution in [3.63, 3.8) is 0 Å². The monoisotopic (exact) mass is 299 g/mol. The molecule has 3 rings (SSSR count). The standard InChI is InChI=1S/C17H18ClN3/c1-11(2)15-17(21-10-5-4-9-14(21)19-15)20-16-12(3)7-6-8-13(16)18/h4-11,20H,1-3H3. The molecule has 1 N–H and O–H groups in total. The number of halogens is 1. The van der Waals surface area contributed by atoms with Crippen molar-refractivity contribution in [1.29, 1.82) is 0 Å². The van der Waals surface area contributed by atoms with E-state index in [1.165, 1.54) is 0 Å². The fraction of sp³-hybridized carbons (Fsp3) is 0.235. The summed E-state index contributed by atoms with van der Waals surface area (Å²) < 4.78 is 2.07. The number of rotatable bonds is 3. The molecule has 21 heavy (non-hydrogen) atoms. The highest BCUT2D eigenvalue weighted by atomic mass is 35.5. The van der Waals surface area contributed by atoms with Gasteiger partial charge in [0.2, 0.25) is 0 Å². The SMILES string of the molecule is Cc1cccc(Cl)c1Nc1c(C(C)C)nc2ccccn12. The average Bonchev–Trinajstić information content (AvgIpc) is 2.82. The van der Waals surface area contributed by atoms with Crippen LogP contribution in [0.15, 0.2) is 42.6 Å². The second kappa shape index (κ2) is 5.41. The predicted octanol–water partition coefficient (Wildman–Crippen LogP) is 5.16. The van der Waals surface area contributed by atoms with Crippen molar-refractivity contribution >= 4 is 28.8 Å². The number of para-hydroxylation sites is 1. The molecule has 3 aromatic rings. The molecule has 0 unspecified atom stereocenters. The van der Waals surface area contributed by atoms with Gasteiger partial charge >= 0.3 is 0 Å². The van der Waals surface area contributed by atoms with Crippen LogP contribution in [0, 0.1) is 6.92 Å². The van der Waals surface area contributed by atoms with Crippen molar-refractivity contribution in [1.82, 2.24) is 9.38 Å². The topological polar surface area (TPSA) is 29.3 Å². The van der Waals surface area contributed by atoms with Crippen LogP contribution in [0.5, 0.6) is 0 Å². The van der Waals surface area contributed by atoms with Gasteiger partial charge < -0.3 is 5.32 Å². The molecule has 1 aromatic carbocycles. The third kappa shape index (κ3) is 2.49. The molecule has 0 radical (unpaired) electrons. The molecule has 0 atom stereocenters. The van der Waals surface area contributed by atoms with Crippen LogP contribution in [-0.2, 0) is 0 Å². The maximum absolute atomic E-state index is 6.34. The zero-order valence-electron chi connectivity index (χ0n) is 12.4. The van der Waals surface area contributed by atoms with Crippen LogP contribution in [-0.4, -0.2) is 9.38 Å². The molecule has 0 aliphatic carbocycles. The summed E-state index contributed by atoms with van der Waals surface area (Å²) >= 11 is 6.34. The van der Waals surface area contributed by atoms with E-state index in [-0.39, 0.29) is 0 Å². The number of aromatic nitrogens is 2. The summed E-state index contributed by atoms with van der Waals surface area (Å²) in [4.78, 5) is 4.73. The number of nitrogens with one attached hydrogen (secondary N) is 1. The number of anilines is 2. The van der Waals surface area contributed by atoms with E-state index in [4.69, 9.17) is 16.6 Å². The lowest BCUT2D eigenvalue weighted by Gasteiger charge is -2.13. The van der Waals surface area contributed by atoms with Crippen molar-refractivity contribution in [2.45, 2.75) is 26.7 Å². The van der Waals surface area contributed by atoms with Gasteiger partial charge in [-0.1, -0.05) is 43.6 Å². The first-order valence-corrected chi connectivity index (χ1v) is 7.45. The fourth-order valence-electron chi connectivity index (χ4n) is 2.45. The third-order valence-corrected chi connectivity index (χ3v) is 3.88. The van der Waals surface area contributed by atoms with Gasteiger partial charge in [-0.15, -0.1) is 0 Å². The second-order valence-corrected chi connectivity index (χ2v) is 5.89. The lowest BCUT2D eigenvalue weighted by molar-refractivity contribution is 0.837. The number of nitrogens with zero attached hydrogens (tertiary/aromatic N) is 2. The summed E-state index contributed by atoms with van der Waals surface area (Å²) in [5.41, 5.74) is 4.03. The molecule has 3 nitrogen and oxygen atoms in total. The minimum absolute atomic E-state index is 0.329. The van der Waals surface area contributed by atoms with E-state index in [1.54, 1.807) is 0 Å². The number of aryl methyl sites for hydroxylation is 1. The van der Waals surface area contributed by atoms with E-state index in [9.17, 15) is 0 Å². The number of fused-ring (bicyclic) bond motifs is 1. The first-order valence-electron chi connectivity index (χ1n) is 7.07. The molecule has 108 valence electrons. The molecule has 0 fully saturated rings. The molecule has 0 spiro atoms. The molecule has 0 saturated heterocycles. The Kier molecular flexibility index (Phi) is 3.60. The number of hydrogen-bond acceptors (Lipinski definition) is 2. The Labute approximate surface area is 129 Å². The van der Waals surface area contributed by atoms with Crippen molar-refractivity contribution in [3.05, 3.63) is 58.9 Å². The molecule has 0 aliphatic rings. The van der Waals surface area contributed by atoms with Crippen LogP contribution in [0.4, 0.5) is 11.5 Å². The zero-order valence-corrected chi connectivity index (χ0v) is 13.1. The number of pyridine rings is 1. The van der Waals surface area contributed by atoms with Crippen LogP contribution in [0.25, 0.3) is 5.65 Å². The Morgan fingerprint density at radius 1 is 1.14 bits per heavy atom. The third-order valence-electron chi connectivity index (χ3n) is 3.57. The maximum Gasteiger partial charge on any atom is 0.138 e. The van der Waals surface area contributed by atoms with Crippen LogP contribution >= 0.6 is 11.6 Å². The summed E-state index contributed by atoms with van der Waals surface area (Å²) in [5.74, 6) is 1.31. The normalized spacial score (nSPS) is 11.3. The molecule has 0 saturated carbocycles. The molecule has 2 aromatic heterocycles. The molecule has 0 bridgehead atoms. The van der Waals surface area contributed by atoms with E-state index >= 15 is 0 Å². The molecular formula is C17H18ClN3. The summed E-state index contributed by atoms with van der Waals surface area (Å²) in [7, 11) is 0. The van der Waals surface area contributed by atoms with Gasteiger partial charge in [0.05, 0.1) is 16.4 Å². The van der Waals surface area contributed by atoms with Gasteiger partial charge in [-0.05, 0) is 36.6 Å². The largest absolute Gasteiger partial charge is 0.338 e. The highest BCUT2D eigenvalue weighted by Crippen LogP contribution is 2.33. The van der Waals surface area contributed by atoms with Crippen LogP contribution in [0.2, 0.25) is 5.02 Å². The Morgan fingerprint density at radius 2 is 1.95 bits per heavy atom. The Morgan fingerprint density at radius 3 is 2.67 bits per heavy atom. The van der Waals surface area contributed by atoms with Gasteiger partial charge in [-0.25, -0.2) is 4.98 Å². The minimum Gasteiger partial charge on any atom is -0.338 e. The minimum atomic E-state index is 0.329. The molecule has 0 aliphatic heterocycles.